The molecule has 5 heteroatoms. The minimum atomic E-state index is -0.468. The number of morpholine rings is 1. The van der Waals surface area contributed by atoms with Gasteiger partial charge in [0, 0.05) is 23.5 Å². The molecular formula is C15H22ClNO2S. The molecule has 1 aromatic carbocycles. The van der Waals surface area contributed by atoms with Crippen molar-refractivity contribution in [1.29, 1.82) is 0 Å². The van der Waals surface area contributed by atoms with Crippen LogP contribution in [0.3, 0.4) is 0 Å². The van der Waals surface area contributed by atoms with Gasteiger partial charge < -0.3 is 4.74 Å². The lowest BCUT2D eigenvalue weighted by atomic mass is 9.91. The molecule has 1 fully saturated rings. The van der Waals surface area contributed by atoms with Crippen molar-refractivity contribution in [2.24, 2.45) is 0 Å². The van der Waals surface area contributed by atoms with Crippen LogP contribution in [0.1, 0.15) is 24.2 Å². The summed E-state index contributed by atoms with van der Waals surface area (Å²) in [6.07, 6.45) is 2.04. The van der Waals surface area contributed by atoms with E-state index in [1.807, 2.05) is 44.4 Å². The minimum absolute atomic E-state index is 0. The quantitative estimate of drug-likeness (QED) is 0.631. The second kappa shape index (κ2) is 7.46. The van der Waals surface area contributed by atoms with E-state index in [0.717, 1.165) is 18.7 Å². The lowest BCUT2D eigenvalue weighted by Crippen LogP contribution is -2.54. The maximum atomic E-state index is 12.7. The number of halogens is 1. The van der Waals surface area contributed by atoms with Gasteiger partial charge in [-0.25, -0.2) is 0 Å². The normalized spacial score (nSPS) is 16.6. The molecule has 0 saturated carbocycles. The fraction of sp³-hybridized carbons (Fsp3) is 0.533. The highest BCUT2D eigenvalue weighted by atomic mass is 35.5. The van der Waals surface area contributed by atoms with Crippen molar-refractivity contribution in [2.45, 2.75) is 24.3 Å². The second-order valence-corrected chi connectivity index (χ2v) is 6.10. The van der Waals surface area contributed by atoms with E-state index < -0.39 is 5.54 Å². The highest BCUT2D eigenvalue weighted by Gasteiger charge is 2.35. The number of hydrogen-bond acceptors (Lipinski definition) is 4. The summed E-state index contributed by atoms with van der Waals surface area (Å²) in [7, 11) is 0. The SMILES string of the molecule is CSc1ccc(C(=O)C(C)(C)N2CCOCC2)cc1.Cl. The summed E-state index contributed by atoms with van der Waals surface area (Å²) in [5, 5.41) is 0. The van der Waals surface area contributed by atoms with Gasteiger partial charge in [-0.3, -0.25) is 9.69 Å². The predicted molar refractivity (Wildman–Crippen MR) is 86.3 cm³/mol. The van der Waals surface area contributed by atoms with Crippen LogP contribution in [0.2, 0.25) is 0 Å². The Labute approximate surface area is 131 Å². The third-order valence-electron chi connectivity index (χ3n) is 3.71. The highest BCUT2D eigenvalue weighted by molar-refractivity contribution is 7.98. The van der Waals surface area contributed by atoms with Gasteiger partial charge >= 0.3 is 0 Å². The molecule has 0 aromatic heterocycles. The largest absolute Gasteiger partial charge is 0.379 e. The van der Waals surface area contributed by atoms with E-state index in [4.69, 9.17) is 4.74 Å². The lowest BCUT2D eigenvalue weighted by Gasteiger charge is -2.39. The van der Waals surface area contributed by atoms with Crippen molar-refractivity contribution in [3.63, 3.8) is 0 Å². The van der Waals surface area contributed by atoms with Crippen LogP contribution in [0.5, 0.6) is 0 Å². The van der Waals surface area contributed by atoms with E-state index in [-0.39, 0.29) is 18.2 Å². The predicted octanol–water partition coefficient (Wildman–Crippen LogP) is 3.12. The Balaban J connectivity index is 0.00000200. The van der Waals surface area contributed by atoms with E-state index in [1.54, 1.807) is 11.8 Å². The summed E-state index contributed by atoms with van der Waals surface area (Å²) >= 11 is 1.69. The third kappa shape index (κ3) is 3.76. The minimum Gasteiger partial charge on any atom is -0.379 e. The maximum absolute atomic E-state index is 12.7. The summed E-state index contributed by atoms with van der Waals surface area (Å²) in [5.74, 6) is 0.182. The second-order valence-electron chi connectivity index (χ2n) is 5.22. The molecule has 0 atom stereocenters. The van der Waals surface area contributed by atoms with Gasteiger partial charge in [0.15, 0.2) is 5.78 Å². The fourth-order valence-electron chi connectivity index (χ4n) is 2.36. The summed E-state index contributed by atoms with van der Waals surface area (Å²) < 4.78 is 5.35. The summed E-state index contributed by atoms with van der Waals surface area (Å²) in [6.45, 7) is 7.07. The Kier molecular flexibility index (Phi) is 6.52. The standard InChI is InChI=1S/C15H21NO2S.ClH/c1-15(2,16-8-10-18-11-9-16)14(17)12-4-6-13(19-3)7-5-12;/h4-7H,8-11H2,1-3H3;1H. The molecule has 112 valence electrons. The van der Waals surface area contributed by atoms with E-state index in [1.165, 1.54) is 4.90 Å². The molecule has 1 aliphatic rings. The molecule has 0 aliphatic carbocycles. The third-order valence-corrected chi connectivity index (χ3v) is 4.45. The molecule has 1 aliphatic heterocycles. The number of hydrogen-bond donors (Lipinski definition) is 0. The molecule has 1 saturated heterocycles. The molecule has 0 amide bonds. The summed E-state index contributed by atoms with van der Waals surface area (Å²) in [4.78, 5) is 16.1. The Morgan fingerprint density at radius 2 is 1.75 bits per heavy atom. The first-order chi connectivity index (χ1) is 9.05. The zero-order valence-corrected chi connectivity index (χ0v) is 13.9. The molecule has 0 N–H and O–H groups in total. The summed E-state index contributed by atoms with van der Waals surface area (Å²) in [5.41, 5.74) is 0.319. The highest BCUT2D eigenvalue weighted by Crippen LogP contribution is 2.23. The number of thioether (sulfide) groups is 1. The first-order valence-corrected chi connectivity index (χ1v) is 7.80. The Bertz CT molecular complexity index is 442. The van der Waals surface area contributed by atoms with Crippen molar-refractivity contribution in [1.82, 2.24) is 4.90 Å². The molecular weight excluding hydrogens is 294 g/mol. The number of benzene rings is 1. The van der Waals surface area contributed by atoms with Gasteiger partial charge in [-0.2, -0.15) is 0 Å². The Morgan fingerprint density at radius 1 is 1.20 bits per heavy atom. The number of carbonyl (C=O) groups is 1. The van der Waals surface area contributed by atoms with Gasteiger partial charge in [0.2, 0.25) is 0 Å². The average Bonchev–Trinajstić information content (AvgIpc) is 2.47. The van der Waals surface area contributed by atoms with Crippen molar-refractivity contribution < 1.29 is 9.53 Å². The lowest BCUT2D eigenvalue weighted by molar-refractivity contribution is -0.00430. The topological polar surface area (TPSA) is 29.5 Å². The molecule has 1 aromatic rings. The number of rotatable bonds is 4. The van der Waals surface area contributed by atoms with Crippen LogP contribution in [0.25, 0.3) is 0 Å². The van der Waals surface area contributed by atoms with Crippen LogP contribution in [0.15, 0.2) is 29.2 Å². The molecule has 0 spiro atoms. The zero-order valence-electron chi connectivity index (χ0n) is 12.2. The maximum Gasteiger partial charge on any atom is 0.182 e. The van der Waals surface area contributed by atoms with Crippen molar-refractivity contribution in [3.05, 3.63) is 29.8 Å². The van der Waals surface area contributed by atoms with E-state index in [2.05, 4.69) is 4.90 Å². The smallest absolute Gasteiger partial charge is 0.182 e. The molecule has 1 heterocycles. The van der Waals surface area contributed by atoms with Crippen molar-refractivity contribution >= 4 is 30.0 Å². The fourth-order valence-corrected chi connectivity index (χ4v) is 2.77. The number of ketones is 1. The molecule has 20 heavy (non-hydrogen) atoms. The van der Waals surface area contributed by atoms with Crippen LogP contribution in [-0.4, -0.2) is 48.8 Å². The number of nitrogens with zero attached hydrogens (tertiary/aromatic N) is 1. The van der Waals surface area contributed by atoms with E-state index in [9.17, 15) is 4.79 Å². The molecule has 0 bridgehead atoms. The summed E-state index contributed by atoms with van der Waals surface area (Å²) in [6, 6.07) is 7.87. The molecule has 2 rings (SSSR count). The van der Waals surface area contributed by atoms with Crippen LogP contribution in [0, 0.1) is 0 Å². The van der Waals surface area contributed by atoms with Crippen molar-refractivity contribution in [2.75, 3.05) is 32.6 Å². The average molecular weight is 316 g/mol. The van der Waals surface area contributed by atoms with E-state index in [0.29, 0.717) is 13.2 Å². The van der Waals surface area contributed by atoms with Gasteiger partial charge in [-0.1, -0.05) is 12.1 Å². The van der Waals surface area contributed by atoms with Crippen LogP contribution < -0.4 is 0 Å². The van der Waals surface area contributed by atoms with Crippen LogP contribution >= 0.6 is 24.2 Å². The van der Waals surface area contributed by atoms with Crippen molar-refractivity contribution in [3.8, 4) is 0 Å². The first-order valence-electron chi connectivity index (χ1n) is 6.57. The Hall–Kier alpha value is -0.550. The number of carbonyl (C=O) groups excluding carboxylic acids is 1. The van der Waals surface area contributed by atoms with Gasteiger partial charge in [-0.15, -0.1) is 24.2 Å². The van der Waals surface area contributed by atoms with E-state index >= 15 is 0 Å². The van der Waals surface area contributed by atoms with Crippen LogP contribution in [-0.2, 0) is 4.74 Å². The molecule has 0 unspecified atom stereocenters. The van der Waals surface area contributed by atoms with Gasteiger partial charge in [0.05, 0.1) is 18.8 Å². The molecule has 0 radical (unpaired) electrons. The zero-order chi connectivity index (χ0) is 13.9. The monoisotopic (exact) mass is 315 g/mol. The first kappa shape index (κ1) is 17.5. The number of Topliss-reactive ketones (excluding diaryl/α,β-unsaturated/α-hetero) is 1. The van der Waals surface area contributed by atoms with Gasteiger partial charge in [-0.05, 0) is 32.2 Å². The van der Waals surface area contributed by atoms with Gasteiger partial charge in [0.1, 0.15) is 0 Å². The Morgan fingerprint density at radius 3 is 2.25 bits per heavy atom. The van der Waals surface area contributed by atoms with Gasteiger partial charge in [0.25, 0.3) is 0 Å². The number of ether oxygens (including phenoxy) is 1. The molecule has 3 nitrogen and oxygen atoms in total. The van der Waals surface area contributed by atoms with Crippen LogP contribution in [0.4, 0.5) is 0 Å².